The van der Waals surface area contributed by atoms with Gasteiger partial charge in [-0.25, -0.2) is 4.98 Å². The maximum Gasteiger partial charge on any atom is 0.0799 e. The van der Waals surface area contributed by atoms with Crippen LogP contribution < -0.4 is 0 Å². The molecule has 0 amide bonds. The third-order valence-electron chi connectivity index (χ3n) is 15.4. The van der Waals surface area contributed by atoms with Gasteiger partial charge in [0, 0.05) is 22.1 Å². The van der Waals surface area contributed by atoms with Gasteiger partial charge >= 0.3 is 0 Å². The van der Waals surface area contributed by atoms with E-state index in [9.17, 15) is 0 Å². The number of rotatable bonds is 3. The third kappa shape index (κ3) is 4.61. The Bertz CT molecular complexity index is 3550. The molecule has 1 atom stereocenters. The monoisotopic (exact) mass is 823 g/mol. The van der Waals surface area contributed by atoms with Crippen LogP contribution in [0.5, 0.6) is 0 Å². The molecule has 0 saturated heterocycles. The summed E-state index contributed by atoms with van der Waals surface area (Å²) in [5.74, 6) is 0. The van der Waals surface area contributed by atoms with Crippen molar-refractivity contribution >= 4 is 0 Å². The summed E-state index contributed by atoms with van der Waals surface area (Å²) in [7, 11) is 0. The van der Waals surface area contributed by atoms with Gasteiger partial charge in [-0.05, 0) is 131 Å². The minimum Gasteiger partial charge on any atom is -0.248 e. The normalized spacial score (nSPS) is 15.2. The number of benzene rings is 8. The number of nitrogens with zero attached hydrogens (tertiary/aromatic N) is 1. The van der Waals surface area contributed by atoms with Crippen LogP contribution in [-0.2, 0) is 16.2 Å². The second kappa shape index (κ2) is 13.0. The second-order valence-electron chi connectivity index (χ2n) is 18.8. The van der Waals surface area contributed by atoms with E-state index in [0.29, 0.717) is 0 Å². The predicted octanol–water partition coefficient (Wildman–Crippen LogP) is 15.0. The Morgan fingerprint density at radius 2 is 0.785 bits per heavy atom. The summed E-state index contributed by atoms with van der Waals surface area (Å²) in [6.45, 7) is 4.72. The maximum absolute atomic E-state index is 5.53. The first kappa shape index (κ1) is 36.4. The van der Waals surface area contributed by atoms with Crippen molar-refractivity contribution in [3.63, 3.8) is 0 Å². The van der Waals surface area contributed by atoms with Crippen LogP contribution in [0.2, 0.25) is 0 Å². The van der Waals surface area contributed by atoms with E-state index in [0.717, 1.165) is 33.6 Å². The molecule has 1 unspecified atom stereocenters. The molecule has 1 nitrogen and oxygen atoms in total. The van der Waals surface area contributed by atoms with Crippen molar-refractivity contribution in [1.82, 2.24) is 4.98 Å². The fourth-order valence-electron chi connectivity index (χ4n) is 12.7. The van der Waals surface area contributed by atoms with E-state index in [1.54, 1.807) is 0 Å². The number of pyridine rings is 1. The van der Waals surface area contributed by atoms with Gasteiger partial charge in [0.2, 0.25) is 0 Å². The summed E-state index contributed by atoms with van der Waals surface area (Å²) in [5, 5.41) is 0. The summed E-state index contributed by atoms with van der Waals surface area (Å²) in [5.41, 5.74) is 25.8. The first-order chi connectivity index (χ1) is 32.0. The summed E-state index contributed by atoms with van der Waals surface area (Å²) < 4.78 is 0. The molecule has 0 radical (unpaired) electrons. The molecular formula is C64H41N. The highest BCUT2D eigenvalue weighted by Gasteiger charge is 2.59. The molecule has 2 spiro atoms. The number of hydrogen-bond donors (Lipinski definition) is 0. The van der Waals surface area contributed by atoms with Gasteiger partial charge in [0.15, 0.2) is 0 Å². The SMILES string of the molecule is CC1(C)c2ccccc2-c2ccc(-c3cc(-c4ccccc4)nc(-c4ccc5c(c4)C4(c6ccc#cc6C6(c7ccccc7-c7ccccc76)c6ccccc64)c4ccccc4-5)c3)cc21. The molecule has 65 heavy (non-hydrogen) atoms. The van der Waals surface area contributed by atoms with Gasteiger partial charge in [0.25, 0.3) is 0 Å². The Hall–Kier alpha value is -8.05. The average molecular weight is 824 g/mol. The highest BCUT2D eigenvalue weighted by Crippen LogP contribution is 2.67. The lowest BCUT2D eigenvalue weighted by Crippen LogP contribution is -2.43. The topological polar surface area (TPSA) is 12.9 Å². The fourth-order valence-corrected chi connectivity index (χ4v) is 12.7. The van der Waals surface area contributed by atoms with Crippen molar-refractivity contribution in [3.8, 4) is 67.0 Å². The lowest BCUT2D eigenvalue weighted by molar-refractivity contribution is 0.633. The van der Waals surface area contributed by atoms with E-state index in [1.807, 2.05) is 0 Å². The summed E-state index contributed by atoms with van der Waals surface area (Å²) in [6, 6.07) is 86.4. The smallest absolute Gasteiger partial charge is 0.0799 e. The molecule has 1 aromatic heterocycles. The van der Waals surface area contributed by atoms with Gasteiger partial charge in [-0.15, -0.1) is 0 Å². The van der Waals surface area contributed by atoms with E-state index in [2.05, 4.69) is 238 Å². The van der Waals surface area contributed by atoms with Gasteiger partial charge in [0.05, 0.1) is 22.2 Å². The zero-order chi connectivity index (χ0) is 43.1. The predicted molar refractivity (Wildman–Crippen MR) is 264 cm³/mol. The molecule has 1 heteroatoms. The van der Waals surface area contributed by atoms with Gasteiger partial charge in [0.1, 0.15) is 0 Å². The molecule has 1 heterocycles. The van der Waals surface area contributed by atoms with E-state index in [-0.39, 0.29) is 5.41 Å². The van der Waals surface area contributed by atoms with Gasteiger partial charge in [-0.1, -0.05) is 202 Å². The first-order valence-electron chi connectivity index (χ1n) is 22.8. The number of aromatic nitrogens is 1. The van der Waals surface area contributed by atoms with Gasteiger partial charge < -0.3 is 0 Å². The summed E-state index contributed by atoms with van der Waals surface area (Å²) in [4.78, 5) is 5.53. The average Bonchev–Trinajstić information content (AvgIpc) is 3.92. The van der Waals surface area contributed by atoms with Crippen LogP contribution in [0, 0.1) is 12.1 Å². The van der Waals surface area contributed by atoms with E-state index < -0.39 is 10.8 Å². The van der Waals surface area contributed by atoms with Crippen LogP contribution in [0.4, 0.5) is 0 Å². The zero-order valence-corrected chi connectivity index (χ0v) is 36.2. The quantitative estimate of drug-likeness (QED) is 0.173. The van der Waals surface area contributed by atoms with Gasteiger partial charge in [-0.2, -0.15) is 0 Å². The van der Waals surface area contributed by atoms with Crippen molar-refractivity contribution in [2.45, 2.75) is 30.1 Å². The van der Waals surface area contributed by atoms with Gasteiger partial charge in [-0.3, -0.25) is 0 Å². The van der Waals surface area contributed by atoms with Crippen LogP contribution in [0.25, 0.3) is 67.0 Å². The van der Waals surface area contributed by atoms with E-state index in [1.165, 1.54) is 89.0 Å². The number of hydrogen-bond acceptors (Lipinski definition) is 1. The molecule has 4 aliphatic rings. The molecule has 0 N–H and O–H groups in total. The molecular weight excluding hydrogens is 783 g/mol. The lowest BCUT2D eigenvalue weighted by atomic mass is 9.52. The Kier molecular flexibility index (Phi) is 7.29. The van der Waals surface area contributed by atoms with Crippen molar-refractivity contribution in [2.24, 2.45) is 0 Å². The van der Waals surface area contributed by atoms with Crippen molar-refractivity contribution in [2.75, 3.05) is 0 Å². The van der Waals surface area contributed by atoms with E-state index in [4.69, 9.17) is 4.98 Å². The highest BCUT2D eigenvalue weighted by atomic mass is 14.7. The minimum absolute atomic E-state index is 0.105. The summed E-state index contributed by atoms with van der Waals surface area (Å²) >= 11 is 0. The Balaban J connectivity index is 1.02. The highest BCUT2D eigenvalue weighted by molar-refractivity contribution is 5.95. The summed E-state index contributed by atoms with van der Waals surface area (Å²) in [6.07, 6.45) is 0. The molecule has 302 valence electrons. The second-order valence-corrected chi connectivity index (χ2v) is 18.8. The molecule has 14 rings (SSSR count). The van der Waals surface area contributed by atoms with Crippen LogP contribution in [0.3, 0.4) is 0 Å². The van der Waals surface area contributed by atoms with E-state index >= 15 is 0 Å². The molecule has 0 fully saturated rings. The number of fused-ring (bicyclic) bond motifs is 19. The molecule has 10 aromatic rings. The van der Waals surface area contributed by atoms with Crippen molar-refractivity contribution < 1.29 is 0 Å². The molecule has 9 aromatic carbocycles. The lowest BCUT2D eigenvalue weighted by Gasteiger charge is -2.47. The fraction of sp³-hybridized carbons (Fsp3) is 0.0781. The standard InChI is InChI=1S/C64H41N/c1-62(2)50-24-10-6-20-44(50)48-34-32-41(36-58(48)62)43-38-60(40-18-4-3-5-19-40)65-61(39-43)42-33-35-49-47-23-9-13-27-53(47)64(59(49)37-42)56-30-16-14-28-54(56)63(55-29-15-17-31-57(55)64)51-25-11-7-21-45(51)46-22-8-12-26-52(46)63/h3-14,16-28,30-39H,1-2H3. The van der Waals surface area contributed by atoms with Crippen molar-refractivity contribution in [1.29, 1.82) is 0 Å². The van der Waals surface area contributed by atoms with Crippen LogP contribution >= 0.6 is 0 Å². The van der Waals surface area contributed by atoms with Crippen LogP contribution in [0.1, 0.15) is 69.5 Å². The van der Waals surface area contributed by atoms with Crippen LogP contribution in [-0.4, -0.2) is 4.98 Å². The zero-order valence-electron chi connectivity index (χ0n) is 36.2. The Labute approximate surface area is 380 Å². The molecule has 4 aliphatic carbocycles. The van der Waals surface area contributed by atoms with Crippen LogP contribution in [0.15, 0.2) is 212 Å². The molecule has 0 aliphatic heterocycles. The van der Waals surface area contributed by atoms with Crippen molar-refractivity contribution in [3.05, 3.63) is 280 Å². The largest absolute Gasteiger partial charge is 0.248 e. The minimum atomic E-state index is -0.627. The molecule has 0 saturated carbocycles. The third-order valence-corrected chi connectivity index (χ3v) is 15.4. The molecule has 0 bridgehead atoms. The maximum atomic E-state index is 5.53. The Morgan fingerprint density at radius 1 is 0.323 bits per heavy atom. The Morgan fingerprint density at radius 3 is 1.43 bits per heavy atom. The first-order valence-corrected chi connectivity index (χ1v) is 22.8.